The third kappa shape index (κ3) is 5.28. The van der Waals surface area contributed by atoms with Crippen LogP contribution in [0.3, 0.4) is 0 Å². The number of nitrogens with zero attached hydrogens (tertiary/aromatic N) is 2. The summed E-state index contributed by atoms with van der Waals surface area (Å²) in [5, 5.41) is 12.6. The Morgan fingerprint density at radius 2 is 2.09 bits per heavy atom. The van der Waals surface area contributed by atoms with Gasteiger partial charge in [0.25, 0.3) is 0 Å². The average molecular weight is 343 g/mol. The lowest BCUT2D eigenvalue weighted by Gasteiger charge is -2.42. The third-order valence-corrected chi connectivity index (χ3v) is 6.00. The fourth-order valence-electron chi connectivity index (χ4n) is 3.42. The first-order valence-electron chi connectivity index (χ1n) is 8.57. The fourth-order valence-corrected chi connectivity index (χ4v) is 4.15. The second-order valence-corrected chi connectivity index (χ2v) is 7.67. The van der Waals surface area contributed by atoms with Crippen LogP contribution in [-0.2, 0) is 4.79 Å². The maximum atomic E-state index is 12.4. The number of rotatable bonds is 6. The second-order valence-electron chi connectivity index (χ2n) is 6.53. The monoisotopic (exact) mass is 343 g/mol. The molecule has 0 aromatic rings. The maximum Gasteiger partial charge on any atom is 0.317 e. The Morgan fingerprint density at radius 1 is 1.35 bits per heavy atom. The summed E-state index contributed by atoms with van der Waals surface area (Å²) in [6, 6.07) is 0.520. The molecule has 1 aliphatic carbocycles. The molecule has 1 saturated carbocycles. The molecule has 6 nitrogen and oxygen atoms in total. The van der Waals surface area contributed by atoms with Gasteiger partial charge in [0.05, 0.1) is 6.54 Å². The van der Waals surface area contributed by atoms with Crippen molar-refractivity contribution in [2.45, 2.75) is 56.4 Å². The molecule has 132 valence electrons. The largest absolute Gasteiger partial charge is 0.480 e. The van der Waals surface area contributed by atoms with Crippen LogP contribution in [0.4, 0.5) is 4.79 Å². The summed E-state index contributed by atoms with van der Waals surface area (Å²) < 4.78 is 0. The highest BCUT2D eigenvalue weighted by Crippen LogP contribution is 2.26. The Labute approximate surface area is 143 Å². The molecule has 1 heterocycles. The van der Waals surface area contributed by atoms with Crippen LogP contribution < -0.4 is 5.32 Å². The number of likely N-dealkylation sites (tertiary alicyclic amines) is 1. The van der Waals surface area contributed by atoms with Crippen molar-refractivity contribution in [3.05, 3.63) is 0 Å². The quantitative estimate of drug-likeness (QED) is 0.770. The van der Waals surface area contributed by atoms with E-state index in [0.29, 0.717) is 5.25 Å². The number of carbonyl (C=O) groups excluding carboxylic acids is 1. The molecule has 0 aromatic carbocycles. The lowest BCUT2D eigenvalue weighted by Crippen LogP contribution is -2.57. The highest BCUT2D eigenvalue weighted by molar-refractivity contribution is 7.99. The van der Waals surface area contributed by atoms with Crippen LogP contribution in [0.15, 0.2) is 0 Å². The molecule has 1 saturated heterocycles. The number of hydrogen-bond donors (Lipinski definition) is 2. The van der Waals surface area contributed by atoms with Crippen LogP contribution in [0.1, 0.15) is 39.0 Å². The van der Waals surface area contributed by atoms with E-state index in [9.17, 15) is 9.59 Å². The zero-order chi connectivity index (χ0) is 16.8. The van der Waals surface area contributed by atoms with Gasteiger partial charge < -0.3 is 15.3 Å². The van der Waals surface area contributed by atoms with Gasteiger partial charge >= 0.3 is 12.0 Å². The summed E-state index contributed by atoms with van der Waals surface area (Å²) in [6.07, 6.45) is 7.29. The molecule has 1 unspecified atom stereocenters. The van der Waals surface area contributed by atoms with Crippen molar-refractivity contribution < 1.29 is 14.7 Å². The van der Waals surface area contributed by atoms with Crippen molar-refractivity contribution in [1.82, 2.24) is 15.1 Å². The first-order valence-corrected chi connectivity index (χ1v) is 9.86. The Morgan fingerprint density at radius 3 is 2.70 bits per heavy atom. The minimum Gasteiger partial charge on any atom is -0.480 e. The number of carbonyl (C=O) groups is 2. The van der Waals surface area contributed by atoms with E-state index in [0.717, 1.165) is 38.9 Å². The lowest BCUT2D eigenvalue weighted by atomic mass is 9.85. The maximum absolute atomic E-state index is 12.4. The molecule has 0 radical (unpaired) electrons. The molecular formula is C16H29N3O3S. The van der Waals surface area contributed by atoms with E-state index in [1.165, 1.54) is 12.8 Å². The zero-order valence-corrected chi connectivity index (χ0v) is 15.0. The van der Waals surface area contributed by atoms with E-state index in [4.69, 9.17) is 5.11 Å². The molecule has 1 aliphatic heterocycles. The fraction of sp³-hybridized carbons (Fsp3) is 0.875. The summed E-state index contributed by atoms with van der Waals surface area (Å²) in [5.74, 6) is -0.785. The minimum absolute atomic E-state index is 0.0516. The molecule has 2 amide bonds. The Balaban J connectivity index is 1.75. The number of nitrogens with one attached hydrogen (secondary N) is 1. The van der Waals surface area contributed by atoms with Gasteiger partial charge in [-0.1, -0.05) is 13.3 Å². The smallest absolute Gasteiger partial charge is 0.317 e. The normalized spacial score (nSPS) is 28.1. The van der Waals surface area contributed by atoms with Gasteiger partial charge in [-0.15, -0.1) is 0 Å². The summed E-state index contributed by atoms with van der Waals surface area (Å²) in [6.45, 7) is 4.49. The van der Waals surface area contributed by atoms with Gasteiger partial charge in [0.15, 0.2) is 0 Å². The van der Waals surface area contributed by atoms with Crippen LogP contribution in [0.5, 0.6) is 0 Å². The van der Waals surface area contributed by atoms with Crippen molar-refractivity contribution in [3.8, 4) is 0 Å². The van der Waals surface area contributed by atoms with Crippen LogP contribution in [0.25, 0.3) is 0 Å². The van der Waals surface area contributed by atoms with Gasteiger partial charge in [0.2, 0.25) is 0 Å². The summed E-state index contributed by atoms with van der Waals surface area (Å²) in [7, 11) is 0. The standard InChI is InChI=1S/C16H29N3O3S/c1-3-18(11-15(20)21)13-8-12(9-13)17-16(22)19-7-5-4-6-14(10-19)23-2/h12-14H,3-11H2,1-2H3,(H,17,22)(H,20,21). The summed E-state index contributed by atoms with van der Waals surface area (Å²) in [4.78, 5) is 27.2. The van der Waals surface area contributed by atoms with Crippen molar-refractivity contribution in [2.75, 3.05) is 32.4 Å². The van der Waals surface area contributed by atoms with E-state index in [-0.39, 0.29) is 24.7 Å². The van der Waals surface area contributed by atoms with Gasteiger partial charge in [0, 0.05) is 30.4 Å². The predicted octanol–water partition coefficient (Wildman–Crippen LogP) is 1.85. The van der Waals surface area contributed by atoms with Gasteiger partial charge in [0.1, 0.15) is 0 Å². The van der Waals surface area contributed by atoms with Crippen LogP contribution in [0, 0.1) is 0 Å². The number of urea groups is 1. The number of carboxylic acids is 1. The molecule has 1 atom stereocenters. The molecule has 2 rings (SSSR count). The van der Waals surface area contributed by atoms with E-state index in [1.54, 1.807) is 0 Å². The van der Waals surface area contributed by atoms with Crippen LogP contribution >= 0.6 is 11.8 Å². The van der Waals surface area contributed by atoms with Gasteiger partial charge in [-0.3, -0.25) is 9.69 Å². The van der Waals surface area contributed by atoms with E-state index in [1.807, 2.05) is 28.5 Å². The first kappa shape index (κ1) is 18.4. The van der Waals surface area contributed by atoms with E-state index < -0.39 is 5.97 Å². The Hall–Kier alpha value is -0.950. The van der Waals surface area contributed by atoms with Crippen molar-refractivity contribution in [1.29, 1.82) is 0 Å². The van der Waals surface area contributed by atoms with Crippen molar-refractivity contribution in [3.63, 3.8) is 0 Å². The SMILES string of the molecule is CCN(CC(=O)O)C1CC(NC(=O)N2CCCCC(SC)C2)C1. The molecule has 23 heavy (non-hydrogen) atoms. The number of thioether (sulfide) groups is 1. The van der Waals surface area contributed by atoms with Crippen LogP contribution in [0.2, 0.25) is 0 Å². The first-order chi connectivity index (χ1) is 11.0. The molecule has 2 fully saturated rings. The second kappa shape index (κ2) is 8.78. The van der Waals surface area contributed by atoms with Crippen molar-refractivity contribution in [2.24, 2.45) is 0 Å². The van der Waals surface area contributed by atoms with E-state index >= 15 is 0 Å². The number of likely N-dealkylation sites (N-methyl/N-ethyl adjacent to an activating group) is 1. The highest BCUT2D eigenvalue weighted by atomic mass is 32.2. The van der Waals surface area contributed by atoms with Crippen molar-refractivity contribution >= 4 is 23.8 Å². The minimum atomic E-state index is -0.785. The average Bonchev–Trinajstić information content (AvgIpc) is 2.73. The predicted molar refractivity (Wildman–Crippen MR) is 93.0 cm³/mol. The number of amides is 2. The third-order valence-electron chi connectivity index (χ3n) is 4.95. The molecular weight excluding hydrogens is 314 g/mol. The van der Waals surface area contributed by atoms with E-state index in [2.05, 4.69) is 11.6 Å². The van der Waals surface area contributed by atoms with Gasteiger partial charge in [-0.05, 0) is 38.5 Å². The number of hydrogen-bond acceptors (Lipinski definition) is 4. The Bertz CT molecular complexity index is 415. The molecule has 2 aliphatic rings. The molecule has 2 N–H and O–H groups in total. The van der Waals surface area contributed by atoms with Crippen LogP contribution in [-0.4, -0.2) is 76.7 Å². The summed E-state index contributed by atoms with van der Waals surface area (Å²) >= 11 is 1.85. The number of carboxylic acid groups (broad SMARTS) is 1. The lowest BCUT2D eigenvalue weighted by molar-refractivity contribution is -0.139. The zero-order valence-electron chi connectivity index (χ0n) is 14.2. The van der Waals surface area contributed by atoms with Gasteiger partial charge in [-0.2, -0.15) is 11.8 Å². The summed E-state index contributed by atoms with van der Waals surface area (Å²) in [5.41, 5.74) is 0. The topological polar surface area (TPSA) is 72.9 Å². The Kier molecular flexibility index (Phi) is 7.02. The van der Waals surface area contributed by atoms with Gasteiger partial charge in [-0.25, -0.2) is 4.79 Å². The molecule has 7 heteroatoms. The molecule has 0 bridgehead atoms. The molecule has 0 aromatic heterocycles. The number of aliphatic carboxylic acids is 1. The molecule has 0 spiro atoms. The highest BCUT2D eigenvalue weighted by Gasteiger charge is 2.35.